The molecule has 0 unspecified atom stereocenters. The Balaban J connectivity index is 2.31. The van der Waals surface area contributed by atoms with Crippen LogP contribution in [0.1, 0.15) is 5.56 Å². The van der Waals surface area contributed by atoms with E-state index in [0.717, 1.165) is 5.56 Å². The second-order valence-electron chi connectivity index (χ2n) is 3.74. The molecule has 0 aliphatic heterocycles. The van der Waals surface area contributed by atoms with E-state index in [4.69, 9.17) is 0 Å². The topological polar surface area (TPSA) is 50.1 Å². The van der Waals surface area contributed by atoms with Gasteiger partial charge in [0.2, 0.25) is 0 Å². The van der Waals surface area contributed by atoms with Gasteiger partial charge in [-0.15, -0.1) is 0 Å². The third kappa shape index (κ3) is 2.65. The SMILES string of the molecule is Cc1ccc(S(=O)(=O)Nc2scc[n+]2C)cc1. The lowest BCUT2D eigenvalue weighted by atomic mass is 10.2. The van der Waals surface area contributed by atoms with Gasteiger partial charge < -0.3 is 0 Å². The molecule has 0 saturated heterocycles. The third-order valence-electron chi connectivity index (χ3n) is 2.34. The third-order valence-corrected chi connectivity index (χ3v) is 4.69. The zero-order valence-corrected chi connectivity index (χ0v) is 11.2. The zero-order chi connectivity index (χ0) is 12.5. The van der Waals surface area contributed by atoms with E-state index in [0.29, 0.717) is 5.13 Å². The second kappa shape index (κ2) is 4.46. The summed E-state index contributed by atoms with van der Waals surface area (Å²) in [5.41, 5.74) is 1.03. The van der Waals surface area contributed by atoms with E-state index in [1.807, 2.05) is 12.3 Å². The fourth-order valence-electron chi connectivity index (χ4n) is 1.32. The number of sulfonamides is 1. The van der Waals surface area contributed by atoms with Crippen LogP contribution in [0.4, 0.5) is 5.13 Å². The van der Waals surface area contributed by atoms with E-state index in [9.17, 15) is 8.42 Å². The normalized spacial score (nSPS) is 11.4. The summed E-state index contributed by atoms with van der Waals surface area (Å²) in [6.45, 7) is 1.92. The lowest BCUT2D eigenvalue weighted by molar-refractivity contribution is -0.652. The standard InChI is InChI=1S/C11H12N2O2S2/c1-9-3-5-10(6-4-9)17(14,15)12-11-13(2)7-8-16-11/h3-8H,1-2H3/p+1. The van der Waals surface area contributed by atoms with Crippen molar-refractivity contribution in [2.45, 2.75) is 11.8 Å². The van der Waals surface area contributed by atoms with E-state index >= 15 is 0 Å². The smallest absolute Gasteiger partial charge is 0.226 e. The summed E-state index contributed by atoms with van der Waals surface area (Å²) in [4.78, 5) is 0.275. The molecule has 0 aliphatic rings. The van der Waals surface area contributed by atoms with Crippen molar-refractivity contribution in [2.24, 2.45) is 7.05 Å². The first kappa shape index (κ1) is 12.1. The first-order valence-electron chi connectivity index (χ1n) is 5.02. The fourth-order valence-corrected chi connectivity index (χ4v) is 3.43. The summed E-state index contributed by atoms with van der Waals surface area (Å²) >= 11 is 1.35. The minimum Gasteiger partial charge on any atom is -0.226 e. The van der Waals surface area contributed by atoms with Gasteiger partial charge in [-0.05, 0) is 19.1 Å². The number of aromatic nitrogens is 1. The van der Waals surface area contributed by atoms with E-state index in [2.05, 4.69) is 4.72 Å². The molecular formula is C11H13N2O2S2+. The van der Waals surface area contributed by atoms with Crippen LogP contribution in [-0.2, 0) is 17.1 Å². The molecule has 0 atom stereocenters. The molecule has 0 bridgehead atoms. The molecule has 1 aromatic heterocycles. The molecule has 0 amide bonds. The number of anilines is 1. The van der Waals surface area contributed by atoms with Crippen LogP contribution in [0.3, 0.4) is 0 Å². The van der Waals surface area contributed by atoms with Gasteiger partial charge in [0.1, 0.15) is 11.1 Å². The summed E-state index contributed by atoms with van der Waals surface area (Å²) in [5, 5.41) is 2.41. The van der Waals surface area contributed by atoms with Gasteiger partial charge in [-0.1, -0.05) is 29.0 Å². The highest BCUT2D eigenvalue weighted by Crippen LogP contribution is 2.16. The van der Waals surface area contributed by atoms with Crippen molar-refractivity contribution >= 4 is 26.5 Å². The van der Waals surface area contributed by atoms with Gasteiger partial charge in [-0.25, -0.2) is 4.57 Å². The second-order valence-corrected chi connectivity index (χ2v) is 6.31. The van der Waals surface area contributed by atoms with Crippen molar-refractivity contribution in [3.63, 3.8) is 0 Å². The van der Waals surface area contributed by atoms with Crippen LogP contribution in [0.5, 0.6) is 0 Å². The van der Waals surface area contributed by atoms with Crippen LogP contribution in [0.15, 0.2) is 40.7 Å². The van der Waals surface area contributed by atoms with Crippen molar-refractivity contribution < 1.29 is 13.0 Å². The number of nitrogens with zero attached hydrogens (tertiary/aromatic N) is 1. The molecule has 1 aromatic carbocycles. The number of aryl methyl sites for hydroxylation is 2. The summed E-state index contributed by atoms with van der Waals surface area (Å²) < 4.78 is 28.4. The van der Waals surface area contributed by atoms with Gasteiger partial charge in [0.05, 0.1) is 7.05 Å². The molecule has 0 spiro atoms. The van der Waals surface area contributed by atoms with Crippen molar-refractivity contribution in [1.82, 2.24) is 0 Å². The lowest BCUT2D eigenvalue weighted by Crippen LogP contribution is -2.30. The average molecular weight is 269 g/mol. The first-order chi connectivity index (χ1) is 7.99. The molecule has 6 heteroatoms. The minimum atomic E-state index is -3.48. The number of hydrogen-bond donors (Lipinski definition) is 1. The van der Waals surface area contributed by atoms with Crippen LogP contribution in [0, 0.1) is 6.92 Å². The molecule has 2 rings (SSSR count). The Morgan fingerprint density at radius 2 is 1.88 bits per heavy atom. The number of benzene rings is 1. The molecule has 17 heavy (non-hydrogen) atoms. The first-order valence-corrected chi connectivity index (χ1v) is 7.38. The van der Waals surface area contributed by atoms with Gasteiger partial charge in [0, 0.05) is 5.38 Å². The van der Waals surface area contributed by atoms with Crippen molar-refractivity contribution in [3.8, 4) is 0 Å². The Morgan fingerprint density at radius 1 is 1.24 bits per heavy atom. The van der Waals surface area contributed by atoms with Crippen LogP contribution in [0.2, 0.25) is 0 Å². The molecule has 2 aromatic rings. The number of thiazole rings is 1. The zero-order valence-electron chi connectivity index (χ0n) is 9.54. The molecule has 1 heterocycles. The highest BCUT2D eigenvalue weighted by atomic mass is 32.2. The largest absolute Gasteiger partial charge is 0.349 e. The molecule has 0 radical (unpaired) electrons. The monoisotopic (exact) mass is 269 g/mol. The molecule has 0 aliphatic carbocycles. The highest BCUT2D eigenvalue weighted by molar-refractivity contribution is 7.92. The van der Waals surface area contributed by atoms with Crippen LogP contribution in [0.25, 0.3) is 0 Å². The Kier molecular flexibility index (Phi) is 3.17. The van der Waals surface area contributed by atoms with Gasteiger partial charge >= 0.3 is 15.2 Å². The Labute approximate surface area is 105 Å². The van der Waals surface area contributed by atoms with Crippen LogP contribution < -0.4 is 9.29 Å². The lowest BCUT2D eigenvalue weighted by Gasteiger charge is -2.01. The summed E-state index contributed by atoms with van der Waals surface area (Å²) in [7, 11) is -1.69. The van der Waals surface area contributed by atoms with E-state index < -0.39 is 10.0 Å². The Hall–Kier alpha value is -1.40. The van der Waals surface area contributed by atoms with Crippen molar-refractivity contribution in [3.05, 3.63) is 41.4 Å². The summed E-state index contributed by atoms with van der Waals surface area (Å²) in [5.74, 6) is 0. The van der Waals surface area contributed by atoms with Gasteiger partial charge in [-0.3, -0.25) is 0 Å². The summed E-state index contributed by atoms with van der Waals surface area (Å²) in [6.07, 6.45) is 1.80. The van der Waals surface area contributed by atoms with E-state index in [-0.39, 0.29) is 4.90 Å². The quantitative estimate of drug-likeness (QED) is 0.862. The molecule has 90 valence electrons. The molecule has 0 fully saturated rings. The molecule has 4 nitrogen and oxygen atoms in total. The predicted molar refractivity (Wildman–Crippen MR) is 67.5 cm³/mol. The minimum absolute atomic E-state index is 0.275. The van der Waals surface area contributed by atoms with Crippen LogP contribution in [-0.4, -0.2) is 8.42 Å². The maximum Gasteiger partial charge on any atom is 0.349 e. The fraction of sp³-hybridized carbons (Fsp3) is 0.182. The number of nitrogens with one attached hydrogen (secondary N) is 1. The highest BCUT2D eigenvalue weighted by Gasteiger charge is 2.22. The van der Waals surface area contributed by atoms with Gasteiger partial charge in [0.15, 0.2) is 0 Å². The molecule has 0 saturated carbocycles. The Morgan fingerprint density at radius 3 is 2.41 bits per heavy atom. The molecular weight excluding hydrogens is 256 g/mol. The van der Waals surface area contributed by atoms with Crippen molar-refractivity contribution in [1.29, 1.82) is 0 Å². The summed E-state index contributed by atoms with van der Waals surface area (Å²) in [6, 6.07) is 6.77. The van der Waals surface area contributed by atoms with Crippen molar-refractivity contribution in [2.75, 3.05) is 4.72 Å². The predicted octanol–water partition coefficient (Wildman–Crippen LogP) is 1.68. The Bertz CT molecular complexity index is 615. The molecule has 1 N–H and O–H groups in total. The van der Waals surface area contributed by atoms with Gasteiger partial charge in [0.25, 0.3) is 0 Å². The van der Waals surface area contributed by atoms with E-state index in [1.165, 1.54) is 11.3 Å². The van der Waals surface area contributed by atoms with E-state index in [1.54, 1.807) is 42.1 Å². The van der Waals surface area contributed by atoms with Crippen LogP contribution >= 0.6 is 11.3 Å². The van der Waals surface area contributed by atoms with Gasteiger partial charge in [-0.2, -0.15) is 13.1 Å². The number of rotatable bonds is 3. The maximum absolute atomic E-state index is 12.0. The average Bonchev–Trinajstić information content (AvgIpc) is 2.64. The number of hydrogen-bond acceptors (Lipinski definition) is 3. The maximum atomic E-state index is 12.0.